The largest absolute Gasteiger partial charge is 0.350 e. The summed E-state index contributed by atoms with van der Waals surface area (Å²) in [5.74, 6) is -0.124. The molecule has 1 aromatic carbocycles. The average Bonchev–Trinajstić information content (AvgIpc) is 3.36. The molecular formula is C23H29N5O2. The Hall–Kier alpha value is -2.93. The van der Waals surface area contributed by atoms with Crippen molar-refractivity contribution in [2.75, 3.05) is 11.9 Å². The van der Waals surface area contributed by atoms with Crippen LogP contribution in [0.3, 0.4) is 0 Å². The molecule has 7 heteroatoms. The van der Waals surface area contributed by atoms with E-state index >= 15 is 0 Å². The van der Waals surface area contributed by atoms with E-state index < -0.39 is 0 Å². The van der Waals surface area contributed by atoms with E-state index in [-0.39, 0.29) is 11.7 Å². The molecule has 3 aromatic rings. The number of amides is 1. The lowest BCUT2D eigenvalue weighted by Gasteiger charge is -2.33. The summed E-state index contributed by atoms with van der Waals surface area (Å²) < 4.78 is 7.20. The highest BCUT2D eigenvalue weighted by atomic mass is 16.5. The van der Waals surface area contributed by atoms with Crippen molar-refractivity contribution in [1.82, 2.24) is 19.8 Å². The van der Waals surface area contributed by atoms with E-state index in [0.29, 0.717) is 11.7 Å². The summed E-state index contributed by atoms with van der Waals surface area (Å²) in [6.07, 6.45) is 5.57. The highest BCUT2D eigenvalue weighted by molar-refractivity contribution is 6.02. The SMILES string of the molecule is CCn1ncc(-c2cc(C(=O)Nc3cccc(CN4CCCC[C@@H]4C)c3)on2)c1C. The van der Waals surface area contributed by atoms with Gasteiger partial charge in [0.05, 0.1) is 6.20 Å². The lowest BCUT2D eigenvalue weighted by molar-refractivity contribution is 0.0988. The van der Waals surface area contributed by atoms with Crippen molar-refractivity contribution in [3.05, 3.63) is 53.5 Å². The Kier molecular flexibility index (Phi) is 5.99. The fraction of sp³-hybridized carbons (Fsp3) is 0.435. The van der Waals surface area contributed by atoms with Crippen LogP contribution >= 0.6 is 0 Å². The molecule has 7 nitrogen and oxygen atoms in total. The maximum Gasteiger partial charge on any atom is 0.294 e. The van der Waals surface area contributed by atoms with E-state index in [1.165, 1.54) is 24.8 Å². The van der Waals surface area contributed by atoms with Crippen LogP contribution in [0.4, 0.5) is 5.69 Å². The molecule has 1 atom stereocenters. The molecule has 0 spiro atoms. The van der Waals surface area contributed by atoms with Gasteiger partial charge < -0.3 is 9.84 Å². The van der Waals surface area contributed by atoms with E-state index in [4.69, 9.17) is 4.52 Å². The summed E-state index contributed by atoms with van der Waals surface area (Å²) in [7, 11) is 0. The second-order valence-corrected chi connectivity index (χ2v) is 8.01. The van der Waals surface area contributed by atoms with Crippen LogP contribution in [0, 0.1) is 6.92 Å². The predicted octanol–water partition coefficient (Wildman–Crippen LogP) is 4.49. The van der Waals surface area contributed by atoms with Crippen molar-refractivity contribution in [1.29, 1.82) is 0 Å². The van der Waals surface area contributed by atoms with Crippen molar-refractivity contribution < 1.29 is 9.32 Å². The molecule has 3 heterocycles. The highest BCUT2D eigenvalue weighted by Crippen LogP contribution is 2.24. The average molecular weight is 408 g/mol. The third-order valence-corrected chi connectivity index (χ3v) is 5.92. The van der Waals surface area contributed by atoms with Crippen LogP contribution in [-0.2, 0) is 13.1 Å². The number of likely N-dealkylation sites (tertiary alicyclic amines) is 1. The van der Waals surface area contributed by atoms with Gasteiger partial charge in [-0.05, 0) is 57.9 Å². The minimum absolute atomic E-state index is 0.184. The van der Waals surface area contributed by atoms with Gasteiger partial charge in [0.1, 0.15) is 5.69 Å². The number of anilines is 1. The molecule has 0 saturated carbocycles. The molecule has 0 bridgehead atoms. The van der Waals surface area contributed by atoms with Gasteiger partial charge in [0.2, 0.25) is 5.76 Å². The number of aromatic nitrogens is 3. The molecule has 30 heavy (non-hydrogen) atoms. The molecule has 2 aromatic heterocycles. The first-order valence-corrected chi connectivity index (χ1v) is 10.7. The topological polar surface area (TPSA) is 76.2 Å². The Bertz CT molecular complexity index is 1020. The third-order valence-electron chi connectivity index (χ3n) is 5.92. The van der Waals surface area contributed by atoms with Crippen molar-refractivity contribution in [3.8, 4) is 11.3 Å². The number of carbonyl (C=O) groups excluding carboxylic acids is 1. The third kappa shape index (κ3) is 4.31. The van der Waals surface area contributed by atoms with Crippen LogP contribution < -0.4 is 5.32 Å². The molecule has 0 radical (unpaired) electrons. The van der Waals surface area contributed by atoms with Gasteiger partial charge >= 0.3 is 0 Å². The summed E-state index contributed by atoms with van der Waals surface area (Å²) in [4.78, 5) is 15.2. The van der Waals surface area contributed by atoms with Crippen LogP contribution in [0.1, 0.15) is 54.9 Å². The molecule has 1 saturated heterocycles. The van der Waals surface area contributed by atoms with Crippen LogP contribution in [0.15, 0.2) is 41.1 Å². The molecule has 158 valence electrons. The van der Waals surface area contributed by atoms with E-state index in [0.717, 1.165) is 36.6 Å². The molecule has 1 aliphatic rings. The first-order chi connectivity index (χ1) is 14.5. The van der Waals surface area contributed by atoms with Gasteiger partial charge in [-0.25, -0.2) is 0 Å². The normalized spacial score (nSPS) is 17.2. The van der Waals surface area contributed by atoms with E-state index in [9.17, 15) is 4.79 Å². The summed E-state index contributed by atoms with van der Waals surface area (Å²) >= 11 is 0. The maximum atomic E-state index is 12.7. The van der Waals surface area contributed by atoms with Gasteiger partial charge in [-0.2, -0.15) is 5.10 Å². The Morgan fingerprint density at radius 2 is 2.17 bits per heavy atom. The van der Waals surface area contributed by atoms with Crippen molar-refractivity contribution in [2.24, 2.45) is 0 Å². The molecule has 1 amide bonds. The van der Waals surface area contributed by atoms with Crippen LogP contribution in [-0.4, -0.2) is 38.3 Å². The standard InChI is InChI=1S/C23H29N5O2/c1-4-28-17(3)20(14-24-28)21-13-22(30-26-21)23(29)25-19-10-7-9-18(12-19)15-27-11-6-5-8-16(27)2/h7,9-10,12-14,16H,4-6,8,11,15H2,1-3H3,(H,25,29)/t16-/m0/s1. The quantitative estimate of drug-likeness (QED) is 0.651. The van der Waals surface area contributed by atoms with E-state index in [2.05, 4.69) is 33.5 Å². The summed E-state index contributed by atoms with van der Waals surface area (Å²) in [5.41, 5.74) is 4.44. The molecule has 1 fully saturated rings. The zero-order valence-electron chi connectivity index (χ0n) is 17.9. The van der Waals surface area contributed by atoms with Crippen LogP contribution in [0.5, 0.6) is 0 Å². The molecule has 1 N–H and O–H groups in total. The first-order valence-electron chi connectivity index (χ1n) is 10.7. The van der Waals surface area contributed by atoms with E-state index in [1.807, 2.05) is 36.7 Å². The number of nitrogens with zero attached hydrogens (tertiary/aromatic N) is 4. The highest BCUT2D eigenvalue weighted by Gasteiger charge is 2.19. The number of hydrogen-bond donors (Lipinski definition) is 1. The molecule has 0 aliphatic carbocycles. The summed E-state index contributed by atoms with van der Waals surface area (Å²) in [6, 6.07) is 10.3. The Morgan fingerprint density at radius 3 is 2.93 bits per heavy atom. The monoisotopic (exact) mass is 407 g/mol. The van der Waals surface area contributed by atoms with Crippen molar-refractivity contribution in [2.45, 2.75) is 59.2 Å². The molecule has 0 unspecified atom stereocenters. The predicted molar refractivity (Wildman–Crippen MR) is 116 cm³/mol. The lowest BCUT2D eigenvalue weighted by Crippen LogP contribution is -2.36. The number of hydrogen-bond acceptors (Lipinski definition) is 5. The fourth-order valence-electron chi connectivity index (χ4n) is 4.09. The van der Waals surface area contributed by atoms with Gasteiger partial charge in [0.15, 0.2) is 0 Å². The fourth-order valence-corrected chi connectivity index (χ4v) is 4.09. The minimum Gasteiger partial charge on any atom is -0.350 e. The second-order valence-electron chi connectivity index (χ2n) is 8.01. The van der Waals surface area contributed by atoms with Gasteiger partial charge in [-0.1, -0.05) is 23.7 Å². The van der Waals surface area contributed by atoms with E-state index in [1.54, 1.807) is 12.3 Å². The van der Waals surface area contributed by atoms with Gasteiger partial charge in [-0.3, -0.25) is 14.4 Å². The van der Waals surface area contributed by atoms with Gasteiger partial charge in [-0.15, -0.1) is 0 Å². The second kappa shape index (κ2) is 8.83. The number of carbonyl (C=O) groups is 1. The number of benzene rings is 1. The Labute approximate surface area is 177 Å². The van der Waals surface area contributed by atoms with Gasteiger partial charge in [0.25, 0.3) is 5.91 Å². The zero-order chi connectivity index (χ0) is 21.1. The number of piperidine rings is 1. The van der Waals surface area contributed by atoms with Crippen molar-refractivity contribution >= 4 is 11.6 Å². The molecular weight excluding hydrogens is 378 g/mol. The zero-order valence-corrected chi connectivity index (χ0v) is 17.9. The minimum atomic E-state index is -0.308. The Morgan fingerprint density at radius 1 is 1.30 bits per heavy atom. The van der Waals surface area contributed by atoms with Crippen LogP contribution in [0.2, 0.25) is 0 Å². The number of rotatable bonds is 6. The first kappa shape index (κ1) is 20.3. The smallest absolute Gasteiger partial charge is 0.294 e. The van der Waals surface area contributed by atoms with Crippen LogP contribution in [0.25, 0.3) is 11.3 Å². The van der Waals surface area contributed by atoms with Crippen molar-refractivity contribution in [3.63, 3.8) is 0 Å². The molecule has 1 aliphatic heterocycles. The van der Waals surface area contributed by atoms with Gasteiger partial charge in [0, 0.05) is 42.1 Å². The summed E-state index contributed by atoms with van der Waals surface area (Å²) in [5, 5.41) is 11.3. The number of aryl methyl sites for hydroxylation is 1. The lowest BCUT2D eigenvalue weighted by atomic mass is 10.0. The number of nitrogens with one attached hydrogen (secondary N) is 1. The Balaban J connectivity index is 1.44. The summed E-state index contributed by atoms with van der Waals surface area (Å²) in [6.45, 7) is 9.12. The maximum absolute atomic E-state index is 12.7. The molecule has 4 rings (SSSR count).